The lowest BCUT2D eigenvalue weighted by Crippen LogP contribution is -1.94. The molecule has 86 valence electrons. The monoisotopic (exact) mass is 246 g/mol. The molecule has 17 heavy (non-hydrogen) atoms. The summed E-state index contributed by atoms with van der Waals surface area (Å²) in [5.74, 6) is 0.513. The summed E-state index contributed by atoms with van der Waals surface area (Å²) in [6.45, 7) is 0. The Morgan fingerprint density at radius 2 is 2.12 bits per heavy atom. The van der Waals surface area contributed by atoms with Gasteiger partial charge in [0.05, 0.1) is 11.4 Å². The minimum absolute atomic E-state index is 0.513. The van der Waals surface area contributed by atoms with Crippen molar-refractivity contribution in [2.45, 2.75) is 0 Å². The van der Waals surface area contributed by atoms with Crippen LogP contribution in [0.2, 0.25) is 5.02 Å². The number of nitrogens with two attached hydrogens (primary N) is 1. The Bertz CT molecular complexity index is 696. The van der Waals surface area contributed by atoms with E-state index in [1.165, 1.54) is 0 Å². The standard InChI is InChI=1S/C12H11ClN4/c1-17-11(6-12(14)16-17)10-5-7-4-8(13)2-3-9(7)15-10/h2-6,15H,1H3,(H2,14,16). The lowest BCUT2D eigenvalue weighted by molar-refractivity contribution is 0.778. The molecule has 0 amide bonds. The molecule has 0 radical (unpaired) electrons. The van der Waals surface area contributed by atoms with Crippen molar-refractivity contribution >= 4 is 28.3 Å². The number of aromatic amines is 1. The van der Waals surface area contributed by atoms with E-state index in [4.69, 9.17) is 17.3 Å². The van der Waals surface area contributed by atoms with Crippen LogP contribution in [-0.2, 0) is 7.05 Å². The van der Waals surface area contributed by atoms with E-state index < -0.39 is 0 Å². The molecule has 0 spiro atoms. The van der Waals surface area contributed by atoms with Gasteiger partial charge < -0.3 is 10.7 Å². The highest BCUT2D eigenvalue weighted by molar-refractivity contribution is 6.31. The van der Waals surface area contributed by atoms with Crippen LogP contribution in [0.3, 0.4) is 0 Å². The smallest absolute Gasteiger partial charge is 0.146 e. The predicted octanol–water partition coefficient (Wildman–Crippen LogP) is 2.80. The molecule has 0 aliphatic heterocycles. The number of nitrogens with zero attached hydrogens (tertiary/aromatic N) is 2. The number of fused-ring (bicyclic) bond motifs is 1. The van der Waals surface area contributed by atoms with Crippen molar-refractivity contribution < 1.29 is 0 Å². The molecule has 0 unspecified atom stereocenters. The van der Waals surface area contributed by atoms with Crippen molar-refractivity contribution in [1.82, 2.24) is 14.8 Å². The first-order valence-corrected chi connectivity index (χ1v) is 5.59. The maximum atomic E-state index is 5.96. The normalized spacial score (nSPS) is 11.2. The third-order valence-corrected chi connectivity index (χ3v) is 2.99. The van der Waals surface area contributed by atoms with E-state index >= 15 is 0 Å². The predicted molar refractivity (Wildman–Crippen MR) is 69.9 cm³/mol. The van der Waals surface area contributed by atoms with E-state index in [2.05, 4.69) is 10.1 Å². The number of anilines is 1. The van der Waals surface area contributed by atoms with Gasteiger partial charge in [-0.25, -0.2) is 0 Å². The van der Waals surface area contributed by atoms with Crippen LogP contribution < -0.4 is 5.73 Å². The molecule has 0 aliphatic carbocycles. The highest BCUT2D eigenvalue weighted by Crippen LogP contribution is 2.26. The topological polar surface area (TPSA) is 59.6 Å². The molecule has 0 aliphatic rings. The first kappa shape index (κ1) is 10.2. The maximum Gasteiger partial charge on any atom is 0.146 e. The van der Waals surface area contributed by atoms with E-state index in [-0.39, 0.29) is 0 Å². The summed E-state index contributed by atoms with van der Waals surface area (Å²) in [6, 6.07) is 9.63. The van der Waals surface area contributed by atoms with Crippen LogP contribution in [0.1, 0.15) is 0 Å². The van der Waals surface area contributed by atoms with Crippen molar-refractivity contribution in [1.29, 1.82) is 0 Å². The molecule has 3 aromatic rings. The lowest BCUT2D eigenvalue weighted by atomic mass is 10.2. The molecule has 2 aromatic heterocycles. The summed E-state index contributed by atoms with van der Waals surface area (Å²) < 4.78 is 1.75. The maximum absolute atomic E-state index is 5.96. The van der Waals surface area contributed by atoms with E-state index in [1.54, 1.807) is 4.68 Å². The van der Waals surface area contributed by atoms with E-state index in [0.717, 1.165) is 27.3 Å². The number of nitrogens with one attached hydrogen (secondary N) is 1. The SMILES string of the molecule is Cn1nc(N)cc1-c1cc2cc(Cl)ccc2[nH]1. The molecule has 0 atom stereocenters. The number of H-pyrrole nitrogens is 1. The zero-order valence-electron chi connectivity index (χ0n) is 9.24. The molecular weight excluding hydrogens is 236 g/mol. The third-order valence-electron chi connectivity index (χ3n) is 2.76. The lowest BCUT2D eigenvalue weighted by Gasteiger charge is -1.96. The minimum Gasteiger partial charge on any atom is -0.382 e. The largest absolute Gasteiger partial charge is 0.382 e. The second-order valence-electron chi connectivity index (χ2n) is 3.99. The number of aromatic nitrogens is 3. The number of hydrogen-bond acceptors (Lipinski definition) is 2. The van der Waals surface area contributed by atoms with Crippen molar-refractivity contribution in [3.8, 4) is 11.4 Å². The average molecular weight is 247 g/mol. The van der Waals surface area contributed by atoms with Gasteiger partial charge in [0.1, 0.15) is 5.82 Å². The van der Waals surface area contributed by atoms with Crippen LogP contribution >= 0.6 is 11.6 Å². The number of nitrogen functional groups attached to an aromatic ring is 1. The van der Waals surface area contributed by atoms with Gasteiger partial charge in [-0.15, -0.1) is 0 Å². The Kier molecular flexibility index (Phi) is 2.12. The van der Waals surface area contributed by atoms with Crippen LogP contribution in [0.5, 0.6) is 0 Å². The number of benzene rings is 1. The zero-order valence-corrected chi connectivity index (χ0v) is 9.99. The highest BCUT2D eigenvalue weighted by Gasteiger charge is 2.08. The number of hydrogen-bond donors (Lipinski definition) is 2. The van der Waals surface area contributed by atoms with Gasteiger partial charge in [-0.3, -0.25) is 4.68 Å². The Labute approximate surface area is 103 Å². The summed E-state index contributed by atoms with van der Waals surface area (Å²) in [4.78, 5) is 3.32. The fourth-order valence-electron chi connectivity index (χ4n) is 1.98. The summed E-state index contributed by atoms with van der Waals surface area (Å²) >= 11 is 5.96. The van der Waals surface area contributed by atoms with Crippen LogP contribution in [0, 0.1) is 0 Å². The van der Waals surface area contributed by atoms with E-state index in [1.807, 2.05) is 37.4 Å². The first-order chi connectivity index (χ1) is 8.13. The third kappa shape index (κ3) is 1.66. The Morgan fingerprint density at radius 3 is 2.82 bits per heavy atom. The van der Waals surface area contributed by atoms with Crippen molar-refractivity contribution in [2.24, 2.45) is 7.05 Å². The molecule has 3 rings (SSSR count). The molecular formula is C12H11ClN4. The van der Waals surface area contributed by atoms with Crippen LogP contribution in [0.15, 0.2) is 30.3 Å². The molecule has 1 aromatic carbocycles. The van der Waals surface area contributed by atoms with Crippen molar-refractivity contribution in [3.05, 3.63) is 35.4 Å². The van der Waals surface area contributed by atoms with Gasteiger partial charge in [0.15, 0.2) is 0 Å². The van der Waals surface area contributed by atoms with Gasteiger partial charge in [-0.05, 0) is 24.3 Å². The minimum atomic E-state index is 0.513. The van der Waals surface area contributed by atoms with E-state index in [9.17, 15) is 0 Å². The van der Waals surface area contributed by atoms with Gasteiger partial charge >= 0.3 is 0 Å². The second-order valence-corrected chi connectivity index (χ2v) is 4.43. The molecule has 0 fully saturated rings. The molecule has 3 N–H and O–H groups in total. The average Bonchev–Trinajstić information content (AvgIpc) is 2.80. The molecule has 0 bridgehead atoms. The van der Waals surface area contributed by atoms with Crippen LogP contribution in [-0.4, -0.2) is 14.8 Å². The highest BCUT2D eigenvalue weighted by atomic mass is 35.5. The second kappa shape index (κ2) is 3.53. The first-order valence-electron chi connectivity index (χ1n) is 5.21. The Hall–Kier alpha value is -1.94. The van der Waals surface area contributed by atoms with Crippen molar-refractivity contribution in [2.75, 3.05) is 5.73 Å². The summed E-state index contributed by atoms with van der Waals surface area (Å²) in [7, 11) is 1.87. The fourth-order valence-corrected chi connectivity index (χ4v) is 2.16. The van der Waals surface area contributed by atoms with Crippen molar-refractivity contribution in [3.63, 3.8) is 0 Å². The summed E-state index contributed by atoms with van der Waals surface area (Å²) in [6.07, 6.45) is 0. The summed E-state index contributed by atoms with van der Waals surface area (Å²) in [5, 5.41) is 5.93. The number of aryl methyl sites for hydroxylation is 1. The number of rotatable bonds is 1. The fraction of sp³-hybridized carbons (Fsp3) is 0.0833. The molecule has 4 nitrogen and oxygen atoms in total. The van der Waals surface area contributed by atoms with E-state index in [0.29, 0.717) is 5.82 Å². The Morgan fingerprint density at radius 1 is 1.29 bits per heavy atom. The molecule has 0 saturated carbocycles. The van der Waals surface area contributed by atoms with Gasteiger partial charge in [0, 0.05) is 29.0 Å². The van der Waals surface area contributed by atoms with Gasteiger partial charge in [0.2, 0.25) is 0 Å². The summed E-state index contributed by atoms with van der Waals surface area (Å²) in [5.41, 5.74) is 8.65. The van der Waals surface area contributed by atoms with Crippen LogP contribution in [0.25, 0.3) is 22.3 Å². The molecule has 5 heteroatoms. The van der Waals surface area contributed by atoms with Gasteiger partial charge in [0.25, 0.3) is 0 Å². The van der Waals surface area contributed by atoms with Gasteiger partial charge in [-0.1, -0.05) is 11.6 Å². The van der Waals surface area contributed by atoms with Gasteiger partial charge in [-0.2, -0.15) is 5.10 Å². The number of halogens is 1. The molecule has 2 heterocycles. The quantitative estimate of drug-likeness (QED) is 0.694. The van der Waals surface area contributed by atoms with Crippen LogP contribution in [0.4, 0.5) is 5.82 Å². The molecule has 0 saturated heterocycles. The zero-order chi connectivity index (χ0) is 12.0. The Balaban J connectivity index is 2.21.